The molecule has 1 atom stereocenters. The van der Waals surface area contributed by atoms with E-state index in [2.05, 4.69) is 15.4 Å². The normalized spacial score (nSPS) is 12.4. The average molecular weight is 424 g/mol. The van der Waals surface area contributed by atoms with Crippen LogP contribution in [-0.4, -0.2) is 32.8 Å². The van der Waals surface area contributed by atoms with Crippen LogP contribution in [0, 0.1) is 0 Å². The fourth-order valence-corrected chi connectivity index (χ4v) is 4.10. The van der Waals surface area contributed by atoms with Crippen molar-refractivity contribution in [2.24, 2.45) is 0 Å². The second-order valence-corrected chi connectivity index (χ2v) is 9.11. The van der Waals surface area contributed by atoms with Crippen molar-refractivity contribution in [1.82, 2.24) is 15.4 Å². The highest BCUT2D eigenvalue weighted by Gasteiger charge is 2.16. The molecule has 1 aromatic carbocycles. The highest BCUT2D eigenvalue weighted by molar-refractivity contribution is 7.89. The first-order chi connectivity index (χ1) is 13.3. The molecule has 0 radical (unpaired) electrons. The Balaban J connectivity index is 1.92. The van der Waals surface area contributed by atoms with Gasteiger partial charge < -0.3 is 10.6 Å². The lowest BCUT2D eigenvalue weighted by Crippen LogP contribution is -2.35. The Hall–Kier alpha value is -2.23. The molecule has 2 amide bonds. The molecule has 1 heterocycles. The minimum absolute atomic E-state index is 0.0196. The number of carbonyl (C=O) groups is 2. The summed E-state index contributed by atoms with van der Waals surface area (Å²) in [4.78, 5) is 24.9. The Bertz CT molecular complexity index is 896. The quantitative estimate of drug-likeness (QED) is 0.545. The van der Waals surface area contributed by atoms with Crippen molar-refractivity contribution in [1.29, 1.82) is 0 Å². The molecule has 0 aliphatic rings. The number of sulfonamides is 1. The van der Waals surface area contributed by atoms with E-state index in [4.69, 9.17) is 0 Å². The van der Waals surface area contributed by atoms with Gasteiger partial charge in [-0.2, -0.15) is 0 Å². The zero-order valence-corrected chi connectivity index (χ0v) is 17.5. The molecule has 7 nitrogen and oxygen atoms in total. The van der Waals surface area contributed by atoms with Crippen LogP contribution in [0.15, 0.2) is 46.7 Å². The van der Waals surface area contributed by atoms with Gasteiger partial charge in [-0.05, 0) is 43.0 Å². The molecule has 1 aromatic heterocycles. The standard InChI is InChI=1S/C19H25N3O4S2/c1-3-14(2)22-18(23)9-10-20-19(24)15-6-4-8-17(12-15)28(25,26)21-13-16-7-5-11-27-16/h4-8,11-12,14,21H,3,9-10,13H2,1-2H3,(H,20,24)(H,22,23). The van der Waals surface area contributed by atoms with E-state index in [9.17, 15) is 18.0 Å². The van der Waals surface area contributed by atoms with Crippen LogP contribution in [-0.2, 0) is 21.4 Å². The largest absolute Gasteiger partial charge is 0.354 e. The Morgan fingerprint density at radius 3 is 2.64 bits per heavy atom. The van der Waals surface area contributed by atoms with Crippen LogP contribution < -0.4 is 15.4 Å². The zero-order valence-electron chi connectivity index (χ0n) is 15.9. The molecular formula is C19H25N3O4S2. The van der Waals surface area contributed by atoms with Gasteiger partial charge in [0, 0.05) is 36.0 Å². The van der Waals surface area contributed by atoms with Gasteiger partial charge in [0.1, 0.15) is 0 Å². The summed E-state index contributed by atoms with van der Waals surface area (Å²) in [5.41, 5.74) is 0.223. The molecule has 0 bridgehead atoms. The van der Waals surface area contributed by atoms with Crippen molar-refractivity contribution >= 4 is 33.2 Å². The van der Waals surface area contributed by atoms with E-state index < -0.39 is 15.9 Å². The molecule has 1 unspecified atom stereocenters. The van der Waals surface area contributed by atoms with Crippen LogP contribution >= 0.6 is 11.3 Å². The number of nitrogens with one attached hydrogen (secondary N) is 3. The summed E-state index contributed by atoms with van der Waals surface area (Å²) in [5, 5.41) is 7.33. The van der Waals surface area contributed by atoms with E-state index >= 15 is 0 Å². The van der Waals surface area contributed by atoms with Gasteiger partial charge in [-0.15, -0.1) is 11.3 Å². The van der Waals surface area contributed by atoms with Crippen molar-refractivity contribution < 1.29 is 18.0 Å². The van der Waals surface area contributed by atoms with Crippen LogP contribution in [0.2, 0.25) is 0 Å². The maximum Gasteiger partial charge on any atom is 0.251 e. The fraction of sp³-hybridized carbons (Fsp3) is 0.368. The van der Waals surface area contributed by atoms with Crippen molar-refractivity contribution in [2.45, 2.75) is 44.2 Å². The summed E-state index contributed by atoms with van der Waals surface area (Å²) < 4.78 is 27.4. The smallest absolute Gasteiger partial charge is 0.251 e. The van der Waals surface area contributed by atoms with Gasteiger partial charge in [0.05, 0.1) is 4.90 Å². The molecule has 0 saturated carbocycles. The number of rotatable bonds is 10. The molecule has 0 spiro atoms. The summed E-state index contributed by atoms with van der Waals surface area (Å²) in [6, 6.07) is 9.60. The number of amides is 2. The van der Waals surface area contributed by atoms with Crippen molar-refractivity contribution in [3.8, 4) is 0 Å². The van der Waals surface area contributed by atoms with E-state index in [1.165, 1.54) is 35.6 Å². The SMILES string of the molecule is CCC(C)NC(=O)CCNC(=O)c1cccc(S(=O)(=O)NCc2cccs2)c1. The second-order valence-electron chi connectivity index (χ2n) is 6.31. The van der Waals surface area contributed by atoms with E-state index in [1.54, 1.807) is 0 Å². The summed E-state index contributed by atoms with van der Waals surface area (Å²) >= 11 is 1.46. The Morgan fingerprint density at radius 1 is 1.18 bits per heavy atom. The molecule has 0 fully saturated rings. The topological polar surface area (TPSA) is 104 Å². The second kappa shape index (κ2) is 10.4. The lowest BCUT2D eigenvalue weighted by atomic mass is 10.2. The van der Waals surface area contributed by atoms with E-state index in [0.717, 1.165) is 11.3 Å². The van der Waals surface area contributed by atoms with Gasteiger partial charge in [-0.25, -0.2) is 13.1 Å². The van der Waals surface area contributed by atoms with Crippen LogP contribution in [0.4, 0.5) is 0 Å². The molecular weight excluding hydrogens is 398 g/mol. The zero-order chi connectivity index (χ0) is 20.6. The minimum Gasteiger partial charge on any atom is -0.354 e. The predicted molar refractivity (Wildman–Crippen MR) is 110 cm³/mol. The first-order valence-electron chi connectivity index (χ1n) is 9.01. The number of hydrogen-bond acceptors (Lipinski definition) is 5. The van der Waals surface area contributed by atoms with Crippen LogP contribution in [0.5, 0.6) is 0 Å². The van der Waals surface area contributed by atoms with Crippen molar-refractivity contribution in [3.63, 3.8) is 0 Å². The summed E-state index contributed by atoms with van der Waals surface area (Å²) in [5.74, 6) is -0.560. The number of carbonyl (C=O) groups excluding carboxylic acids is 2. The molecule has 2 rings (SSSR count). The molecule has 9 heteroatoms. The highest BCUT2D eigenvalue weighted by atomic mass is 32.2. The van der Waals surface area contributed by atoms with E-state index in [-0.39, 0.29) is 41.9 Å². The highest BCUT2D eigenvalue weighted by Crippen LogP contribution is 2.14. The Kier molecular flexibility index (Phi) is 8.16. The lowest BCUT2D eigenvalue weighted by molar-refractivity contribution is -0.121. The summed E-state index contributed by atoms with van der Waals surface area (Å²) in [6.07, 6.45) is 0.996. The maximum atomic E-state index is 12.4. The molecule has 152 valence electrons. The van der Waals surface area contributed by atoms with Crippen molar-refractivity contribution in [2.75, 3.05) is 6.54 Å². The van der Waals surface area contributed by atoms with Crippen LogP contribution in [0.1, 0.15) is 41.9 Å². The Morgan fingerprint density at radius 2 is 1.96 bits per heavy atom. The van der Waals surface area contributed by atoms with Gasteiger partial charge in [-0.1, -0.05) is 19.1 Å². The molecule has 28 heavy (non-hydrogen) atoms. The predicted octanol–water partition coefficient (Wildman–Crippen LogP) is 2.26. The van der Waals surface area contributed by atoms with Crippen LogP contribution in [0.25, 0.3) is 0 Å². The first kappa shape index (κ1) is 22.1. The third-order valence-electron chi connectivity index (χ3n) is 4.08. The number of thiophene rings is 1. The summed E-state index contributed by atoms with van der Waals surface area (Å²) in [7, 11) is -3.73. The molecule has 0 aliphatic heterocycles. The first-order valence-corrected chi connectivity index (χ1v) is 11.4. The van der Waals surface area contributed by atoms with Gasteiger partial charge in [-0.3, -0.25) is 9.59 Å². The average Bonchev–Trinajstić information content (AvgIpc) is 3.20. The van der Waals surface area contributed by atoms with E-state index in [1.807, 2.05) is 31.4 Å². The van der Waals surface area contributed by atoms with Gasteiger partial charge in [0.15, 0.2) is 0 Å². The molecule has 0 aliphatic carbocycles. The molecule has 0 saturated heterocycles. The fourth-order valence-electron chi connectivity index (χ4n) is 2.31. The van der Waals surface area contributed by atoms with Crippen LogP contribution in [0.3, 0.4) is 0 Å². The lowest BCUT2D eigenvalue weighted by Gasteiger charge is -2.12. The van der Waals surface area contributed by atoms with Crippen molar-refractivity contribution in [3.05, 3.63) is 52.2 Å². The summed E-state index contributed by atoms with van der Waals surface area (Å²) in [6.45, 7) is 4.26. The minimum atomic E-state index is -3.73. The van der Waals surface area contributed by atoms with Gasteiger partial charge in [0.2, 0.25) is 15.9 Å². The number of hydrogen-bond donors (Lipinski definition) is 3. The monoisotopic (exact) mass is 423 g/mol. The van der Waals surface area contributed by atoms with E-state index in [0.29, 0.717) is 0 Å². The Labute approximate surface area is 169 Å². The third kappa shape index (κ3) is 6.74. The maximum absolute atomic E-state index is 12.4. The number of benzene rings is 1. The molecule has 3 N–H and O–H groups in total. The third-order valence-corrected chi connectivity index (χ3v) is 6.36. The molecule has 2 aromatic rings. The van der Waals surface area contributed by atoms with Gasteiger partial charge >= 0.3 is 0 Å². The van der Waals surface area contributed by atoms with Gasteiger partial charge in [0.25, 0.3) is 5.91 Å².